The summed E-state index contributed by atoms with van der Waals surface area (Å²) in [5.41, 5.74) is 2.59. The Morgan fingerprint density at radius 1 is 1.45 bits per heavy atom. The van der Waals surface area contributed by atoms with Crippen LogP contribution < -0.4 is 5.32 Å². The van der Waals surface area contributed by atoms with Gasteiger partial charge in [-0.15, -0.1) is 0 Å². The molecule has 1 unspecified atom stereocenters. The van der Waals surface area contributed by atoms with E-state index in [1.807, 2.05) is 7.05 Å². The molecule has 5 heteroatoms. The van der Waals surface area contributed by atoms with Gasteiger partial charge in [0.1, 0.15) is 6.23 Å². The Hall–Kier alpha value is -0.910. The Morgan fingerprint density at radius 3 is 2.91 bits per heavy atom. The van der Waals surface area contributed by atoms with E-state index in [1.165, 1.54) is 24.1 Å². The highest BCUT2D eigenvalue weighted by molar-refractivity contribution is 5.18. The van der Waals surface area contributed by atoms with Gasteiger partial charge < -0.3 is 15.0 Å². The quantitative estimate of drug-likeness (QED) is 0.801. The molecule has 0 saturated carbocycles. The van der Waals surface area contributed by atoms with Gasteiger partial charge in [-0.1, -0.05) is 13.8 Å². The minimum Gasteiger partial charge on any atom is -0.357 e. The molecule has 5 nitrogen and oxygen atoms in total. The largest absolute Gasteiger partial charge is 0.357 e. The zero-order valence-electron chi connectivity index (χ0n) is 14.6. The van der Waals surface area contributed by atoms with Crippen molar-refractivity contribution in [2.24, 2.45) is 5.92 Å². The van der Waals surface area contributed by atoms with Gasteiger partial charge in [-0.3, -0.25) is 0 Å². The fraction of sp³-hybridized carbons (Fsp3) is 0.824. The number of hydrogen-bond acceptors (Lipinski definition) is 4. The van der Waals surface area contributed by atoms with Crippen molar-refractivity contribution in [2.45, 2.75) is 52.3 Å². The zero-order valence-corrected chi connectivity index (χ0v) is 14.6. The Balaban J connectivity index is 2.09. The summed E-state index contributed by atoms with van der Waals surface area (Å²) in [5.74, 6) is 0.622. The van der Waals surface area contributed by atoms with Crippen LogP contribution in [0.3, 0.4) is 0 Å². The van der Waals surface area contributed by atoms with Crippen LogP contribution in [0.15, 0.2) is 6.20 Å². The van der Waals surface area contributed by atoms with E-state index in [1.54, 1.807) is 0 Å². The van der Waals surface area contributed by atoms with Crippen molar-refractivity contribution < 1.29 is 4.74 Å². The second kappa shape index (κ2) is 8.65. The average Bonchev–Trinajstić information content (AvgIpc) is 2.88. The highest BCUT2D eigenvalue weighted by atomic mass is 16.5. The maximum Gasteiger partial charge on any atom is 0.150 e. The molecule has 2 rings (SSSR count). The number of aromatic nitrogens is 2. The summed E-state index contributed by atoms with van der Waals surface area (Å²) in [6, 6.07) is 0. The van der Waals surface area contributed by atoms with E-state index < -0.39 is 0 Å². The predicted molar refractivity (Wildman–Crippen MR) is 89.9 cm³/mol. The second-order valence-electron chi connectivity index (χ2n) is 6.84. The van der Waals surface area contributed by atoms with E-state index >= 15 is 0 Å². The summed E-state index contributed by atoms with van der Waals surface area (Å²) >= 11 is 0. The monoisotopic (exact) mass is 308 g/mol. The fourth-order valence-electron chi connectivity index (χ4n) is 2.91. The highest BCUT2D eigenvalue weighted by Gasteiger charge is 2.20. The lowest BCUT2D eigenvalue weighted by atomic mass is 10.1. The van der Waals surface area contributed by atoms with Gasteiger partial charge in [-0.05, 0) is 45.7 Å². The first kappa shape index (κ1) is 17.4. The molecule has 0 aromatic carbocycles. The van der Waals surface area contributed by atoms with Crippen LogP contribution in [-0.4, -0.2) is 48.5 Å². The summed E-state index contributed by atoms with van der Waals surface area (Å²) in [6.45, 7) is 8.38. The van der Waals surface area contributed by atoms with Gasteiger partial charge in [0, 0.05) is 38.0 Å². The molecule has 1 aromatic rings. The predicted octanol–water partition coefficient (Wildman–Crippen LogP) is 2.43. The van der Waals surface area contributed by atoms with E-state index in [0.717, 1.165) is 39.1 Å². The molecule has 0 radical (unpaired) electrons. The van der Waals surface area contributed by atoms with Crippen molar-refractivity contribution in [3.8, 4) is 0 Å². The van der Waals surface area contributed by atoms with Crippen molar-refractivity contribution >= 4 is 0 Å². The molecule has 0 bridgehead atoms. The van der Waals surface area contributed by atoms with Crippen molar-refractivity contribution in [1.29, 1.82) is 0 Å². The van der Waals surface area contributed by atoms with Crippen molar-refractivity contribution in [1.82, 2.24) is 20.0 Å². The number of likely N-dealkylation sites (N-methyl/N-ethyl adjacent to an activating group) is 2. The van der Waals surface area contributed by atoms with E-state index in [2.05, 4.69) is 42.0 Å². The molecule has 1 aliphatic rings. The fourth-order valence-corrected chi connectivity index (χ4v) is 2.91. The number of nitrogens with one attached hydrogen (secondary N) is 1. The van der Waals surface area contributed by atoms with Gasteiger partial charge in [-0.2, -0.15) is 5.10 Å². The Morgan fingerprint density at radius 2 is 2.27 bits per heavy atom. The Kier molecular flexibility index (Phi) is 6.86. The molecule has 1 fully saturated rings. The van der Waals surface area contributed by atoms with Crippen LogP contribution in [-0.2, 0) is 17.7 Å². The van der Waals surface area contributed by atoms with Gasteiger partial charge >= 0.3 is 0 Å². The van der Waals surface area contributed by atoms with Gasteiger partial charge in [0.2, 0.25) is 0 Å². The molecule has 22 heavy (non-hydrogen) atoms. The second-order valence-corrected chi connectivity index (χ2v) is 6.84. The average molecular weight is 308 g/mol. The lowest BCUT2D eigenvalue weighted by Gasteiger charge is -2.22. The minimum atomic E-state index is 0.135. The third kappa shape index (κ3) is 5.07. The maximum atomic E-state index is 5.88. The molecule has 0 spiro atoms. The standard InChI is InChI=1S/C17H32N4O/c1-14(2)11-16-15(12-20(4)9-8-18-3)13-21(19-16)17-7-5-6-10-22-17/h13-14,17-18H,5-12H2,1-4H3. The number of hydrogen-bond donors (Lipinski definition) is 1. The van der Waals surface area contributed by atoms with Crippen LogP contribution in [0.5, 0.6) is 0 Å². The molecule has 2 heterocycles. The third-order valence-electron chi connectivity index (χ3n) is 4.13. The van der Waals surface area contributed by atoms with Crippen LogP contribution in [0.2, 0.25) is 0 Å². The number of ether oxygens (including phenoxy) is 1. The molecule has 0 amide bonds. The van der Waals surface area contributed by atoms with E-state index in [4.69, 9.17) is 9.84 Å². The summed E-state index contributed by atoms with van der Waals surface area (Å²) < 4.78 is 7.95. The van der Waals surface area contributed by atoms with Crippen LogP contribution in [0, 0.1) is 5.92 Å². The Labute approximate surface area is 135 Å². The lowest BCUT2D eigenvalue weighted by Crippen LogP contribution is -2.27. The maximum absolute atomic E-state index is 5.88. The Bertz CT molecular complexity index is 438. The van der Waals surface area contributed by atoms with Gasteiger partial charge in [0.05, 0.1) is 5.69 Å². The SMILES string of the molecule is CNCCN(C)Cc1cn(C2CCCCO2)nc1CC(C)C. The molecular formula is C17H32N4O. The molecule has 0 aliphatic carbocycles. The molecule has 1 aromatic heterocycles. The molecule has 126 valence electrons. The van der Waals surface area contributed by atoms with Crippen molar-refractivity contribution in [3.05, 3.63) is 17.5 Å². The summed E-state index contributed by atoms with van der Waals surface area (Å²) in [4.78, 5) is 2.35. The molecule has 1 aliphatic heterocycles. The van der Waals surface area contributed by atoms with Crippen LogP contribution in [0.4, 0.5) is 0 Å². The molecule has 1 saturated heterocycles. The van der Waals surface area contributed by atoms with Gasteiger partial charge in [-0.25, -0.2) is 4.68 Å². The van der Waals surface area contributed by atoms with E-state index in [0.29, 0.717) is 5.92 Å². The summed E-state index contributed by atoms with van der Waals surface area (Å²) in [6.07, 6.45) is 6.88. The molecule has 1 atom stereocenters. The van der Waals surface area contributed by atoms with Crippen LogP contribution in [0.25, 0.3) is 0 Å². The smallest absolute Gasteiger partial charge is 0.150 e. The summed E-state index contributed by atoms with van der Waals surface area (Å²) in [7, 11) is 4.17. The van der Waals surface area contributed by atoms with Crippen LogP contribution in [0.1, 0.15) is 50.6 Å². The minimum absolute atomic E-state index is 0.135. The van der Waals surface area contributed by atoms with E-state index in [9.17, 15) is 0 Å². The first-order valence-electron chi connectivity index (χ1n) is 8.61. The number of nitrogens with zero attached hydrogens (tertiary/aromatic N) is 3. The van der Waals surface area contributed by atoms with Crippen molar-refractivity contribution in [3.63, 3.8) is 0 Å². The third-order valence-corrected chi connectivity index (χ3v) is 4.13. The first-order valence-corrected chi connectivity index (χ1v) is 8.61. The topological polar surface area (TPSA) is 42.3 Å². The normalized spacial score (nSPS) is 19.3. The summed E-state index contributed by atoms with van der Waals surface area (Å²) in [5, 5.41) is 8.06. The molecule has 1 N–H and O–H groups in total. The highest BCUT2D eigenvalue weighted by Crippen LogP contribution is 2.24. The zero-order chi connectivity index (χ0) is 15.9. The number of rotatable bonds is 8. The first-order chi connectivity index (χ1) is 10.6. The van der Waals surface area contributed by atoms with E-state index in [-0.39, 0.29) is 6.23 Å². The van der Waals surface area contributed by atoms with Crippen LogP contribution >= 0.6 is 0 Å². The van der Waals surface area contributed by atoms with Gasteiger partial charge in [0.25, 0.3) is 0 Å². The lowest BCUT2D eigenvalue weighted by molar-refractivity contribution is -0.0397. The van der Waals surface area contributed by atoms with Gasteiger partial charge in [0.15, 0.2) is 0 Å². The van der Waals surface area contributed by atoms with Crippen molar-refractivity contribution in [2.75, 3.05) is 33.8 Å². The molecular weight excluding hydrogens is 276 g/mol.